The van der Waals surface area contributed by atoms with Gasteiger partial charge in [0.05, 0.1) is 121 Å². The molecule has 0 aliphatic rings. The molecule has 0 fully saturated rings. The number of hydrogen-bond donors (Lipinski definition) is 3. The molecule has 0 saturated heterocycles. The van der Waals surface area contributed by atoms with Crippen molar-refractivity contribution in [3.63, 3.8) is 0 Å². The van der Waals surface area contributed by atoms with Crippen molar-refractivity contribution in [2.45, 2.75) is 26.4 Å². The van der Waals surface area contributed by atoms with E-state index in [2.05, 4.69) is 49.1 Å². The molecule has 0 spiro atoms. The molecule has 0 radical (unpaired) electrons. The Morgan fingerprint density at radius 1 is 0.486 bits per heavy atom. The predicted molar refractivity (Wildman–Crippen MR) is 410 cm³/mol. The van der Waals surface area contributed by atoms with Crippen LogP contribution in [0.25, 0.3) is 43.6 Å². The number of nitro groups is 3. The summed E-state index contributed by atoms with van der Waals surface area (Å²) in [5.41, 5.74) is 15.7. The van der Waals surface area contributed by atoms with Crippen LogP contribution in [0.3, 0.4) is 0 Å². The number of rotatable bonds is 18. The maximum Gasteiger partial charge on any atom is 1.00 e. The molecule has 11 aromatic rings. The van der Waals surface area contributed by atoms with Gasteiger partial charge in [-0.2, -0.15) is 20.4 Å². The zero-order valence-corrected chi connectivity index (χ0v) is 73.6. The zero-order chi connectivity index (χ0) is 80.5. The Hall–Kier alpha value is -7.32. The summed E-state index contributed by atoms with van der Waals surface area (Å²) in [6.45, 7) is 2.05. The number of sulfonamides is 3. The van der Waals surface area contributed by atoms with E-state index in [9.17, 15) is 64.0 Å². The molecular formula is C63H72Cl4K2N16O20S4. The Labute approximate surface area is 732 Å². The minimum absolute atomic E-state index is 0. The molecule has 0 saturated carbocycles. The standard InChI is InChI=1S/C17H17ClN4O5S.C17H19ClN4O3S.C9H9ClN4O4S.C9H12O.C8H7ClN4O2.C2H6O2S.CH2O3.2K.H/c1-20-16-14(22(23)24)9-8-13(18)15(16)17(19-20)21(28(3,25)26)10-11-4-6-12(27-2)7-5-11;1-21-16-14(19)9-8-13(18)15(16)17(20-21)22(26(3,23)24)10-11-4-6-12(25-2)7-5-11;1-13-8-6(14(15)16)4-3-5(10)7(8)9(11-13)12-19(2,17)18;1-3-8-4-6-9(10-2)7-5-8;1-12-7-5(13(14)15)3-2-4(9)6(7)8(10)11-12;1-5(2,3)4;2-1-4-3;;;/h4-9H,10H2,1-3H3;4-9H,10,19H2,1-3H3;3-4H,1-2H3,(H,11,12);4-7H,3H2,1-2H3;2-3H,1H3,(H2,10,11);1-2H3;1,3H;;;/q;;;;;;;2*+1;-1/p-1. The minimum Gasteiger partial charge on any atom is -1.00 e. The maximum absolute atomic E-state index is 12.5. The number of aromatic nitrogens is 8. The van der Waals surface area contributed by atoms with E-state index in [4.69, 9.17) is 82.1 Å². The van der Waals surface area contributed by atoms with Crippen molar-refractivity contribution < 1.29 is 182 Å². The van der Waals surface area contributed by atoms with Crippen LogP contribution in [0.15, 0.2) is 121 Å². The number of nitrogens with zero attached hydrogens (tertiary/aromatic N) is 13. The van der Waals surface area contributed by atoms with Crippen molar-refractivity contribution in [2.24, 2.45) is 28.2 Å². The summed E-state index contributed by atoms with van der Waals surface area (Å²) in [5, 5.41) is 60.4. The largest absolute Gasteiger partial charge is 1.00 e. The van der Waals surface area contributed by atoms with Gasteiger partial charge in [0.25, 0.3) is 23.5 Å². The zero-order valence-electron chi connectivity index (χ0n) is 62.0. The van der Waals surface area contributed by atoms with Crippen LogP contribution in [0.2, 0.25) is 20.1 Å². The Morgan fingerprint density at radius 2 is 0.780 bits per heavy atom. The maximum atomic E-state index is 12.5. The first-order valence-corrected chi connectivity index (χ1v) is 39.5. The smallest absolute Gasteiger partial charge is 1.00 e. The van der Waals surface area contributed by atoms with Gasteiger partial charge in [-0.25, -0.2) is 42.3 Å². The molecule has 0 amide bonds. The Bertz CT molecular complexity index is 5530. The number of benzene rings is 7. The Kier molecular flexibility index (Phi) is 36.8. The van der Waals surface area contributed by atoms with Gasteiger partial charge in [-0.3, -0.25) is 58.6 Å². The summed E-state index contributed by atoms with van der Waals surface area (Å²) in [5.74, 6) is 2.70. The van der Waals surface area contributed by atoms with Gasteiger partial charge >= 0.3 is 103 Å². The van der Waals surface area contributed by atoms with Crippen molar-refractivity contribution in [3.8, 4) is 17.2 Å². The van der Waals surface area contributed by atoms with Crippen LogP contribution < -0.4 is 147 Å². The van der Waals surface area contributed by atoms with Crippen LogP contribution in [0.5, 0.6) is 17.2 Å². The monoisotopic (exact) mass is 1720 g/mol. The van der Waals surface area contributed by atoms with Gasteiger partial charge in [0.1, 0.15) is 43.6 Å². The number of halogens is 4. The fourth-order valence-corrected chi connectivity index (χ4v) is 13.0. The van der Waals surface area contributed by atoms with Crippen LogP contribution in [0.4, 0.5) is 46.0 Å². The number of methoxy groups -OCH3 is 3. The molecule has 46 heteroatoms. The Morgan fingerprint density at radius 3 is 1.11 bits per heavy atom. The number of sulfone groups is 1. The number of fused-ring (bicyclic) bond motifs is 4. The molecule has 0 bridgehead atoms. The minimum atomic E-state index is -3.76. The summed E-state index contributed by atoms with van der Waals surface area (Å²) in [4.78, 5) is 42.7. The number of nitrogens with one attached hydrogen (secondary N) is 1. The van der Waals surface area contributed by atoms with Crippen molar-refractivity contribution in [1.29, 1.82) is 0 Å². The first kappa shape index (κ1) is 95.9. The quantitative estimate of drug-likeness (QED) is 0.0276. The molecule has 7 aromatic carbocycles. The second-order valence-corrected chi connectivity index (χ2v) is 32.0. The second kappa shape index (κ2) is 41.8. The number of ether oxygens (including phenoxy) is 3. The number of non-ortho nitro benzene ring substituents is 3. The topological polar surface area (TPSA) is 485 Å². The van der Waals surface area contributed by atoms with Gasteiger partial charge in [-0.1, -0.05) is 89.7 Å². The van der Waals surface area contributed by atoms with E-state index in [1.165, 1.54) is 86.2 Å². The number of hydrogen-bond acceptors (Lipinski definition) is 26. The third kappa shape index (κ3) is 26.4. The molecule has 5 N–H and O–H groups in total. The average Bonchev–Trinajstić information content (AvgIpc) is 1.59. The summed E-state index contributed by atoms with van der Waals surface area (Å²) >= 11 is 24.5. The van der Waals surface area contributed by atoms with Gasteiger partial charge in [0.15, 0.2) is 23.3 Å². The first-order valence-electron chi connectivity index (χ1n) is 30.1. The molecule has 11 rings (SSSR count). The predicted octanol–water partition coefficient (Wildman–Crippen LogP) is 3.59. The van der Waals surface area contributed by atoms with E-state index in [-0.39, 0.29) is 196 Å². The summed E-state index contributed by atoms with van der Waals surface area (Å²) in [7, 11) is -2.55. The van der Waals surface area contributed by atoms with Crippen LogP contribution in [0, 0.1) is 30.3 Å². The molecule has 0 aliphatic heterocycles. The van der Waals surface area contributed by atoms with E-state index in [1.54, 1.807) is 89.0 Å². The van der Waals surface area contributed by atoms with Crippen molar-refractivity contribution in [1.82, 2.24) is 39.1 Å². The van der Waals surface area contributed by atoms with E-state index in [1.807, 2.05) is 12.1 Å². The van der Waals surface area contributed by atoms with Crippen molar-refractivity contribution in [3.05, 3.63) is 188 Å². The molecule has 36 nitrogen and oxygen atoms in total. The van der Waals surface area contributed by atoms with Crippen LogP contribution >= 0.6 is 46.4 Å². The van der Waals surface area contributed by atoms with E-state index >= 15 is 0 Å². The number of nitrogens with two attached hydrogens (primary N) is 2. The Balaban J connectivity index is 0.000000464. The molecular weight excluding hydrogens is 1650 g/mol. The van der Waals surface area contributed by atoms with Gasteiger partial charge in [0.2, 0.25) is 30.1 Å². The fourth-order valence-electron chi connectivity index (χ4n) is 9.86. The van der Waals surface area contributed by atoms with Crippen LogP contribution in [0.1, 0.15) is 25.0 Å². The number of carbonyl (C=O) groups is 1. The number of aryl methyl sites for hydroxylation is 5. The van der Waals surface area contributed by atoms with E-state index in [0.29, 0.717) is 54.6 Å². The van der Waals surface area contributed by atoms with Crippen LogP contribution in [-0.2, 0) is 97.3 Å². The molecule has 4 heterocycles. The summed E-state index contributed by atoms with van der Waals surface area (Å²) in [6.07, 6.45) is 6.54. The molecule has 4 aromatic heterocycles. The third-order valence-corrected chi connectivity index (χ3v) is 18.5. The van der Waals surface area contributed by atoms with Gasteiger partial charge in [-0.15, -0.1) is 0 Å². The number of nitrogen functional groups attached to an aromatic ring is 2. The van der Waals surface area contributed by atoms with Gasteiger partial charge in [0, 0.05) is 58.9 Å². The normalized spacial score (nSPS) is 10.9. The SMILES string of the molecule is CCc1ccc(OC)cc1.COc1ccc(CN(c2nn(C)c3c(N)ccc(Cl)c23)S(C)(=O)=O)cc1.COc1ccc(CN(c2nn(C)c3c([N+](=O)[O-])ccc(Cl)c23)S(C)(=O)=O)cc1.CS(C)(=O)=O.Cn1nc(N)c2c(Cl)ccc([N+](=O)[O-])c21.Cn1nc(NS(C)(=O)=O)c2c(Cl)ccc([N+](=O)[O-])c21.O=CO[O-].[H-].[K+].[K+]. The first-order chi connectivity index (χ1) is 49.8. The second-order valence-electron chi connectivity index (χ2n) is 22.5. The van der Waals surface area contributed by atoms with Crippen molar-refractivity contribution in [2.75, 3.05) is 77.4 Å². The molecule has 0 aliphatic carbocycles. The number of carbonyl (C=O) groups excluding carboxylic acids is 1. The molecule has 0 atom stereocenters. The van der Waals surface area contributed by atoms with Gasteiger partial charge in [-0.05, 0) is 89.8 Å². The molecule has 109 heavy (non-hydrogen) atoms. The summed E-state index contributed by atoms with van der Waals surface area (Å²) < 4.78 is 117. The number of anilines is 5. The van der Waals surface area contributed by atoms with Gasteiger partial charge < -0.3 is 37.2 Å². The van der Waals surface area contributed by atoms with E-state index < -0.39 is 54.7 Å². The molecule has 578 valence electrons. The number of nitro benzene ring substituents is 3. The molecule has 0 unspecified atom stereocenters. The van der Waals surface area contributed by atoms with Crippen molar-refractivity contribution >= 4 is 182 Å². The van der Waals surface area contributed by atoms with Crippen LogP contribution in [-0.4, -0.2) is 147 Å². The average molecular weight is 1720 g/mol. The fraction of sp³-hybridized carbons (Fsp3) is 0.254. The summed E-state index contributed by atoms with van der Waals surface area (Å²) in [6, 6.07) is 33.5. The van der Waals surface area contributed by atoms with E-state index in [0.717, 1.165) is 53.3 Å². The third-order valence-electron chi connectivity index (χ3n) is 14.4.